The van der Waals surface area contributed by atoms with Crippen LogP contribution in [0.1, 0.15) is 19.3 Å². The highest BCUT2D eigenvalue weighted by molar-refractivity contribution is 6.25. The van der Waals surface area contributed by atoms with Gasteiger partial charge in [0.15, 0.2) is 5.06 Å². The van der Waals surface area contributed by atoms with E-state index in [1.165, 1.54) is 19.3 Å². The van der Waals surface area contributed by atoms with Gasteiger partial charge in [-0.15, -0.1) is 0 Å². The standard InChI is InChI=1S/C7H9ClO/c8-7-5-2-1-4(3-5)6(7)9-7/h4-6H,1-3H2/t4-,5+,6+,7-/m0/s1. The van der Waals surface area contributed by atoms with Gasteiger partial charge in [-0.05, 0) is 25.2 Å². The Hall–Kier alpha value is 0.250. The fraction of sp³-hybridized carbons (Fsp3) is 1.00. The summed E-state index contributed by atoms with van der Waals surface area (Å²) < 4.78 is 5.39. The van der Waals surface area contributed by atoms with Crippen molar-refractivity contribution in [1.29, 1.82) is 0 Å². The van der Waals surface area contributed by atoms with Crippen molar-refractivity contribution in [1.82, 2.24) is 0 Å². The molecule has 1 aliphatic heterocycles. The van der Waals surface area contributed by atoms with Crippen LogP contribution in [0.5, 0.6) is 0 Å². The molecule has 0 aromatic carbocycles. The number of rotatable bonds is 0. The maximum atomic E-state index is 6.12. The molecule has 0 radical (unpaired) electrons. The van der Waals surface area contributed by atoms with Crippen molar-refractivity contribution >= 4 is 11.6 Å². The minimum Gasteiger partial charge on any atom is -0.349 e. The summed E-state index contributed by atoms with van der Waals surface area (Å²) in [6, 6.07) is 0. The fourth-order valence-electron chi connectivity index (χ4n) is 2.56. The van der Waals surface area contributed by atoms with E-state index in [0.717, 1.165) is 5.92 Å². The van der Waals surface area contributed by atoms with Crippen LogP contribution in [0.2, 0.25) is 0 Å². The van der Waals surface area contributed by atoms with Gasteiger partial charge < -0.3 is 4.74 Å². The highest BCUT2D eigenvalue weighted by Gasteiger charge is 2.71. The lowest BCUT2D eigenvalue weighted by Crippen LogP contribution is -2.15. The molecule has 0 aromatic heterocycles. The van der Waals surface area contributed by atoms with Gasteiger partial charge in [0.05, 0.1) is 0 Å². The lowest BCUT2D eigenvalue weighted by Gasteiger charge is -2.08. The van der Waals surface area contributed by atoms with Crippen molar-refractivity contribution in [2.24, 2.45) is 11.8 Å². The van der Waals surface area contributed by atoms with Crippen LogP contribution in [0.4, 0.5) is 0 Å². The largest absolute Gasteiger partial charge is 0.349 e. The van der Waals surface area contributed by atoms with Gasteiger partial charge in [-0.25, -0.2) is 0 Å². The number of alkyl halides is 1. The van der Waals surface area contributed by atoms with Crippen LogP contribution in [0.15, 0.2) is 0 Å². The summed E-state index contributed by atoms with van der Waals surface area (Å²) in [6.07, 6.45) is 4.47. The molecule has 0 aromatic rings. The molecule has 1 heterocycles. The molecule has 2 bridgehead atoms. The Bertz CT molecular complexity index is 170. The van der Waals surface area contributed by atoms with E-state index in [4.69, 9.17) is 16.3 Å². The van der Waals surface area contributed by atoms with Gasteiger partial charge in [-0.2, -0.15) is 0 Å². The van der Waals surface area contributed by atoms with Crippen LogP contribution >= 0.6 is 11.6 Å². The van der Waals surface area contributed by atoms with Crippen LogP contribution in [0.25, 0.3) is 0 Å². The van der Waals surface area contributed by atoms with E-state index in [9.17, 15) is 0 Å². The van der Waals surface area contributed by atoms with Gasteiger partial charge in [-0.1, -0.05) is 11.6 Å². The van der Waals surface area contributed by atoms with Gasteiger partial charge in [-0.3, -0.25) is 0 Å². The van der Waals surface area contributed by atoms with Crippen LogP contribution < -0.4 is 0 Å². The normalized spacial score (nSPS) is 68.3. The number of ether oxygens (including phenoxy) is 1. The maximum absolute atomic E-state index is 6.12. The van der Waals surface area contributed by atoms with E-state index in [1.54, 1.807) is 0 Å². The smallest absolute Gasteiger partial charge is 0.171 e. The average molecular weight is 145 g/mol. The molecular formula is C7H9ClO. The number of halogens is 1. The van der Waals surface area contributed by atoms with Crippen molar-refractivity contribution in [3.05, 3.63) is 0 Å². The van der Waals surface area contributed by atoms with Gasteiger partial charge in [0.2, 0.25) is 0 Å². The van der Waals surface area contributed by atoms with Crippen molar-refractivity contribution in [3.63, 3.8) is 0 Å². The van der Waals surface area contributed by atoms with Crippen LogP contribution in [-0.2, 0) is 4.74 Å². The van der Waals surface area contributed by atoms with Gasteiger partial charge >= 0.3 is 0 Å². The van der Waals surface area contributed by atoms with Gasteiger partial charge in [0, 0.05) is 5.92 Å². The monoisotopic (exact) mass is 144 g/mol. The molecule has 0 N–H and O–H groups in total. The summed E-state index contributed by atoms with van der Waals surface area (Å²) in [4.78, 5) is 0. The third kappa shape index (κ3) is 0.404. The Kier molecular flexibility index (Phi) is 0.647. The number of epoxide rings is 1. The lowest BCUT2D eigenvalue weighted by atomic mass is 10.0. The Morgan fingerprint density at radius 1 is 1.44 bits per heavy atom. The maximum Gasteiger partial charge on any atom is 0.171 e. The minimum atomic E-state index is -0.150. The van der Waals surface area contributed by atoms with E-state index >= 15 is 0 Å². The molecule has 2 heteroatoms. The molecule has 1 nitrogen and oxygen atoms in total. The van der Waals surface area contributed by atoms with Gasteiger partial charge in [0.1, 0.15) is 6.10 Å². The third-order valence-electron chi connectivity index (χ3n) is 3.10. The Labute approximate surface area is 59.3 Å². The van der Waals surface area contributed by atoms with E-state index in [1.807, 2.05) is 0 Å². The SMILES string of the molecule is Cl[C@@]12O[C@@H]1[C@H]1CC[C@@H]2C1. The topological polar surface area (TPSA) is 12.5 Å². The zero-order valence-corrected chi connectivity index (χ0v) is 5.90. The first-order chi connectivity index (χ1) is 4.31. The second-order valence-electron chi connectivity index (χ2n) is 3.51. The highest BCUT2D eigenvalue weighted by atomic mass is 35.5. The summed E-state index contributed by atoms with van der Waals surface area (Å²) in [7, 11) is 0. The molecule has 0 amide bonds. The molecule has 3 aliphatic rings. The number of hydrogen-bond acceptors (Lipinski definition) is 1. The summed E-state index contributed by atoms with van der Waals surface area (Å²) in [5.74, 6) is 1.53. The molecule has 50 valence electrons. The summed E-state index contributed by atoms with van der Waals surface area (Å²) in [6.45, 7) is 0. The molecule has 0 unspecified atom stereocenters. The first-order valence-electron chi connectivity index (χ1n) is 3.67. The minimum absolute atomic E-state index is 0.150. The average Bonchev–Trinajstić information content (AvgIpc) is 2.34. The number of fused-ring (bicyclic) bond motifs is 5. The molecule has 2 saturated carbocycles. The number of hydrogen-bond donors (Lipinski definition) is 0. The van der Waals surface area contributed by atoms with Crippen molar-refractivity contribution in [2.45, 2.75) is 30.4 Å². The molecular weight excluding hydrogens is 136 g/mol. The Morgan fingerprint density at radius 3 is 2.78 bits per heavy atom. The van der Waals surface area contributed by atoms with Crippen molar-refractivity contribution in [2.75, 3.05) is 0 Å². The second-order valence-corrected chi connectivity index (χ2v) is 4.10. The highest BCUT2D eigenvalue weighted by Crippen LogP contribution is 2.65. The van der Waals surface area contributed by atoms with E-state index < -0.39 is 0 Å². The van der Waals surface area contributed by atoms with Crippen LogP contribution in [0.3, 0.4) is 0 Å². The van der Waals surface area contributed by atoms with E-state index in [2.05, 4.69) is 0 Å². The molecule has 0 spiro atoms. The van der Waals surface area contributed by atoms with E-state index in [-0.39, 0.29) is 5.06 Å². The second kappa shape index (κ2) is 1.17. The zero-order chi connectivity index (χ0) is 6.06. The molecule has 3 rings (SSSR count). The summed E-state index contributed by atoms with van der Waals surface area (Å²) in [5.41, 5.74) is 0. The molecule has 9 heavy (non-hydrogen) atoms. The van der Waals surface area contributed by atoms with Gasteiger partial charge in [0.25, 0.3) is 0 Å². The predicted molar refractivity (Wildman–Crippen MR) is 34.3 cm³/mol. The van der Waals surface area contributed by atoms with Crippen LogP contribution in [0, 0.1) is 11.8 Å². The Balaban J connectivity index is 2.04. The fourth-order valence-corrected chi connectivity index (χ4v) is 3.03. The first-order valence-corrected chi connectivity index (χ1v) is 4.05. The quantitative estimate of drug-likeness (QED) is 0.373. The molecule has 2 aliphatic carbocycles. The third-order valence-corrected chi connectivity index (χ3v) is 3.71. The summed E-state index contributed by atoms with van der Waals surface area (Å²) >= 11 is 6.12. The van der Waals surface area contributed by atoms with Crippen molar-refractivity contribution in [3.8, 4) is 0 Å². The lowest BCUT2D eigenvalue weighted by molar-refractivity contribution is 0.246. The Morgan fingerprint density at radius 2 is 2.33 bits per heavy atom. The summed E-state index contributed by atoms with van der Waals surface area (Å²) in [5, 5.41) is -0.150. The van der Waals surface area contributed by atoms with Crippen molar-refractivity contribution < 1.29 is 4.74 Å². The molecule has 3 fully saturated rings. The predicted octanol–water partition coefficient (Wildman–Crippen LogP) is 1.75. The van der Waals surface area contributed by atoms with E-state index in [0.29, 0.717) is 12.0 Å². The molecule has 1 saturated heterocycles. The van der Waals surface area contributed by atoms with Crippen LogP contribution in [-0.4, -0.2) is 11.2 Å². The first kappa shape index (κ1) is 4.97. The zero-order valence-electron chi connectivity index (χ0n) is 5.14. The molecule has 4 atom stereocenters.